The Balaban J connectivity index is 2.21. The van der Waals surface area contributed by atoms with E-state index in [2.05, 4.69) is 0 Å². The van der Waals surface area contributed by atoms with E-state index in [1.54, 1.807) is 0 Å². The first-order valence-corrected chi connectivity index (χ1v) is 3.66. The van der Waals surface area contributed by atoms with E-state index in [1.165, 1.54) is 25.7 Å². The molecule has 0 spiro atoms. The second kappa shape index (κ2) is 0.896. The van der Waals surface area contributed by atoms with Crippen molar-refractivity contribution in [2.24, 2.45) is 11.8 Å². The van der Waals surface area contributed by atoms with Gasteiger partial charge in [-0.1, -0.05) is 11.1 Å². The Bertz CT molecular complexity index is 172. The minimum atomic E-state index is 1.12. The Morgan fingerprint density at radius 1 is 1.25 bits per heavy atom. The molecule has 0 aromatic rings. The number of allylic oxidation sites excluding steroid dienone is 2. The van der Waals surface area contributed by atoms with Crippen LogP contribution in [-0.2, 0) is 0 Å². The summed E-state index contributed by atoms with van der Waals surface area (Å²) in [4.78, 5) is 0. The molecule has 4 aliphatic carbocycles. The second-order valence-corrected chi connectivity index (χ2v) is 3.44. The molecule has 0 heteroatoms. The lowest BCUT2D eigenvalue weighted by Crippen LogP contribution is -2.21. The van der Waals surface area contributed by atoms with Crippen molar-refractivity contribution in [2.75, 3.05) is 0 Å². The topological polar surface area (TPSA) is 0 Å². The highest BCUT2D eigenvalue weighted by molar-refractivity contribution is 5.38. The molecular formula is C8H10. The van der Waals surface area contributed by atoms with Crippen molar-refractivity contribution in [1.29, 1.82) is 0 Å². The molecule has 4 rings (SSSR count). The first-order chi connectivity index (χ1) is 3.95. The number of hydrogen-bond donors (Lipinski definition) is 0. The fraction of sp³-hybridized carbons (Fsp3) is 0.750. The zero-order valence-corrected chi connectivity index (χ0v) is 4.98. The van der Waals surface area contributed by atoms with Crippen LogP contribution in [0.2, 0.25) is 0 Å². The monoisotopic (exact) mass is 106 g/mol. The summed E-state index contributed by atoms with van der Waals surface area (Å²) >= 11 is 0. The fourth-order valence-corrected chi connectivity index (χ4v) is 2.77. The highest BCUT2D eigenvalue weighted by atomic mass is 14.5. The Morgan fingerprint density at radius 3 is 2.62 bits per heavy atom. The van der Waals surface area contributed by atoms with E-state index in [1.807, 2.05) is 11.1 Å². The van der Waals surface area contributed by atoms with Gasteiger partial charge in [-0.25, -0.2) is 0 Å². The van der Waals surface area contributed by atoms with E-state index in [0.717, 1.165) is 11.8 Å². The van der Waals surface area contributed by atoms with Gasteiger partial charge in [0.25, 0.3) is 0 Å². The Hall–Kier alpha value is -0.260. The summed E-state index contributed by atoms with van der Waals surface area (Å²) in [5.41, 5.74) is 3.75. The molecule has 8 heavy (non-hydrogen) atoms. The molecule has 4 aliphatic rings. The fourth-order valence-electron chi connectivity index (χ4n) is 2.77. The van der Waals surface area contributed by atoms with Crippen molar-refractivity contribution in [2.45, 2.75) is 25.7 Å². The molecule has 0 aliphatic heterocycles. The maximum atomic E-state index is 1.88. The lowest BCUT2D eigenvalue weighted by Gasteiger charge is -2.31. The molecule has 0 aromatic heterocycles. The van der Waals surface area contributed by atoms with Crippen LogP contribution in [0.3, 0.4) is 0 Å². The first-order valence-electron chi connectivity index (χ1n) is 3.66. The summed E-state index contributed by atoms with van der Waals surface area (Å²) in [7, 11) is 0. The predicted molar refractivity (Wildman–Crippen MR) is 32.5 cm³/mol. The van der Waals surface area contributed by atoms with Crippen LogP contribution < -0.4 is 0 Å². The van der Waals surface area contributed by atoms with Gasteiger partial charge in [-0.15, -0.1) is 0 Å². The van der Waals surface area contributed by atoms with Gasteiger partial charge in [0.2, 0.25) is 0 Å². The van der Waals surface area contributed by atoms with Crippen molar-refractivity contribution < 1.29 is 0 Å². The molecule has 0 radical (unpaired) electrons. The molecule has 0 nitrogen and oxygen atoms in total. The first kappa shape index (κ1) is 3.71. The second-order valence-electron chi connectivity index (χ2n) is 3.44. The molecule has 0 aromatic carbocycles. The zero-order valence-electron chi connectivity index (χ0n) is 4.98. The average Bonchev–Trinajstić information content (AvgIpc) is 2.25. The van der Waals surface area contributed by atoms with Crippen LogP contribution in [0.4, 0.5) is 0 Å². The molecule has 0 N–H and O–H groups in total. The van der Waals surface area contributed by atoms with Crippen LogP contribution in [0, 0.1) is 11.8 Å². The SMILES string of the molecule is C1CC2C3=C1CC2C3. The summed E-state index contributed by atoms with van der Waals surface area (Å²) in [5.74, 6) is 2.26. The van der Waals surface area contributed by atoms with E-state index in [4.69, 9.17) is 0 Å². The Kier molecular flexibility index (Phi) is 0.415. The highest BCUT2D eigenvalue weighted by Crippen LogP contribution is 2.60. The summed E-state index contributed by atoms with van der Waals surface area (Å²) in [6.45, 7) is 0. The summed E-state index contributed by atoms with van der Waals surface area (Å²) < 4.78 is 0. The maximum absolute atomic E-state index is 1.88. The van der Waals surface area contributed by atoms with Gasteiger partial charge >= 0.3 is 0 Å². The van der Waals surface area contributed by atoms with Gasteiger partial charge < -0.3 is 0 Å². The van der Waals surface area contributed by atoms with Crippen LogP contribution in [0.5, 0.6) is 0 Å². The van der Waals surface area contributed by atoms with E-state index in [0.29, 0.717) is 0 Å². The minimum absolute atomic E-state index is 1.12. The zero-order chi connectivity index (χ0) is 5.14. The normalized spacial score (nSPS) is 48.0. The molecule has 0 heterocycles. The van der Waals surface area contributed by atoms with Gasteiger partial charge in [0.05, 0.1) is 0 Å². The van der Waals surface area contributed by atoms with Crippen LogP contribution in [0.1, 0.15) is 25.7 Å². The molecule has 2 unspecified atom stereocenters. The average molecular weight is 106 g/mol. The van der Waals surface area contributed by atoms with E-state index >= 15 is 0 Å². The predicted octanol–water partition coefficient (Wildman–Crippen LogP) is 2.12. The minimum Gasteiger partial charge on any atom is -0.0704 e. The van der Waals surface area contributed by atoms with Gasteiger partial charge in [-0.05, 0) is 37.5 Å². The van der Waals surface area contributed by atoms with E-state index in [-0.39, 0.29) is 0 Å². The molecule has 0 saturated heterocycles. The summed E-state index contributed by atoms with van der Waals surface area (Å²) in [6, 6.07) is 0. The third-order valence-corrected chi connectivity index (χ3v) is 3.22. The van der Waals surface area contributed by atoms with Crippen LogP contribution in [0.15, 0.2) is 11.1 Å². The van der Waals surface area contributed by atoms with E-state index in [9.17, 15) is 0 Å². The van der Waals surface area contributed by atoms with Gasteiger partial charge in [0, 0.05) is 0 Å². The third kappa shape index (κ3) is 0.211. The largest absolute Gasteiger partial charge is 0.0704 e. The third-order valence-electron chi connectivity index (χ3n) is 3.22. The lowest BCUT2D eigenvalue weighted by molar-refractivity contribution is 0.290. The molecule has 42 valence electrons. The molecule has 1 fully saturated rings. The highest BCUT2D eigenvalue weighted by Gasteiger charge is 2.47. The quantitative estimate of drug-likeness (QED) is 0.415. The smallest absolute Gasteiger partial charge is 0.0163 e. The van der Waals surface area contributed by atoms with Gasteiger partial charge in [-0.2, -0.15) is 0 Å². The van der Waals surface area contributed by atoms with Crippen LogP contribution >= 0.6 is 0 Å². The van der Waals surface area contributed by atoms with Crippen LogP contribution in [0.25, 0.3) is 0 Å². The van der Waals surface area contributed by atoms with Crippen molar-refractivity contribution >= 4 is 0 Å². The molecular weight excluding hydrogens is 96.1 g/mol. The summed E-state index contributed by atoms with van der Waals surface area (Å²) in [6.07, 6.45) is 5.99. The molecule has 1 saturated carbocycles. The number of rotatable bonds is 0. The van der Waals surface area contributed by atoms with Gasteiger partial charge in [0.1, 0.15) is 0 Å². The van der Waals surface area contributed by atoms with Crippen molar-refractivity contribution in [3.63, 3.8) is 0 Å². The molecule has 2 atom stereocenters. The summed E-state index contributed by atoms with van der Waals surface area (Å²) in [5, 5.41) is 0. The standard InChI is InChI=1S/C8H10/c1-2-7-6-3-5(1)8(7)4-6/h6-7H,1-4H2. The van der Waals surface area contributed by atoms with Crippen molar-refractivity contribution in [3.05, 3.63) is 11.1 Å². The van der Waals surface area contributed by atoms with Crippen molar-refractivity contribution in [1.82, 2.24) is 0 Å². The Labute approximate surface area is 49.6 Å². The van der Waals surface area contributed by atoms with Crippen LogP contribution in [-0.4, -0.2) is 0 Å². The maximum Gasteiger partial charge on any atom is -0.0163 e. The van der Waals surface area contributed by atoms with E-state index < -0.39 is 0 Å². The van der Waals surface area contributed by atoms with Gasteiger partial charge in [0.15, 0.2) is 0 Å². The van der Waals surface area contributed by atoms with Gasteiger partial charge in [-0.3, -0.25) is 0 Å². The lowest BCUT2D eigenvalue weighted by atomic mass is 9.73. The molecule has 4 bridgehead atoms. The molecule has 0 amide bonds. The van der Waals surface area contributed by atoms with Crippen molar-refractivity contribution in [3.8, 4) is 0 Å². The number of hydrogen-bond acceptors (Lipinski definition) is 0. The Morgan fingerprint density at radius 2 is 2.25 bits per heavy atom.